The summed E-state index contributed by atoms with van der Waals surface area (Å²) in [5, 5.41) is 0. The number of benzene rings is 1. The van der Waals surface area contributed by atoms with Gasteiger partial charge in [0.05, 0.1) is 0 Å². The van der Waals surface area contributed by atoms with E-state index in [4.69, 9.17) is 0 Å². The molecule has 0 atom stereocenters. The van der Waals surface area contributed by atoms with Crippen LogP contribution >= 0.6 is 0 Å². The second-order valence-electron chi connectivity index (χ2n) is 6.07. The Hall–Kier alpha value is -2.56. The zero-order chi connectivity index (χ0) is 16.7. The highest BCUT2D eigenvalue weighted by atomic mass is 19.1. The van der Waals surface area contributed by atoms with Gasteiger partial charge in [0.25, 0.3) is 5.91 Å². The molecule has 3 rings (SSSR count). The molecular formula is C18H17FN2O2. The molecule has 0 radical (unpaired) electrons. The van der Waals surface area contributed by atoms with Gasteiger partial charge in [-0.2, -0.15) is 0 Å². The van der Waals surface area contributed by atoms with E-state index >= 15 is 0 Å². The number of allylic oxidation sites excluding steroid dienone is 3. The standard InChI is InChI=1S/C18H17FN2O2/c1-10-6-13(20-17(10)18(23)21(2)3)9-15-14-8-12(19)5-4-11(14)7-16(15)22/h4-5,8-9H,6-7H2,1-3H3/b15-9-. The Bertz CT molecular complexity index is 816. The van der Waals surface area contributed by atoms with E-state index < -0.39 is 0 Å². The maximum absolute atomic E-state index is 13.5. The van der Waals surface area contributed by atoms with Crippen molar-refractivity contribution in [2.24, 2.45) is 4.99 Å². The van der Waals surface area contributed by atoms with Gasteiger partial charge in [-0.15, -0.1) is 0 Å². The summed E-state index contributed by atoms with van der Waals surface area (Å²) in [6.45, 7) is 1.86. The molecule has 1 aliphatic heterocycles. The molecule has 1 aromatic carbocycles. The molecule has 0 N–H and O–H groups in total. The lowest BCUT2D eigenvalue weighted by Crippen LogP contribution is -2.22. The van der Waals surface area contributed by atoms with Crippen molar-refractivity contribution in [3.63, 3.8) is 0 Å². The first-order valence-corrected chi connectivity index (χ1v) is 7.39. The number of halogens is 1. The molecule has 5 heteroatoms. The van der Waals surface area contributed by atoms with Gasteiger partial charge >= 0.3 is 0 Å². The van der Waals surface area contributed by atoms with Crippen LogP contribution in [0.1, 0.15) is 24.5 Å². The summed E-state index contributed by atoms with van der Waals surface area (Å²) >= 11 is 0. The highest BCUT2D eigenvalue weighted by Gasteiger charge is 2.27. The second kappa shape index (κ2) is 5.57. The molecular weight excluding hydrogens is 295 g/mol. The number of likely N-dealkylation sites (N-methyl/N-ethyl adjacent to an activating group) is 1. The first kappa shape index (κ1) is 15.3. The Morgan fingerprint density at radius 2 is 2.04 bits per heavy atom. The number of aliphatic imine (C=N–C) groups is 1. The predicted molar refractivity (Wildman–Crippen MR) is 86.5 cm³/mol. The van der Waals surface area contributed by atoms with E-state index in [-0.39, 0.29) is 23.9 Å². The van der Waals surface area contributed by atoms with Gasteiger partial charge < -0.3 is 4.90 Å². The Labute approximate surface area is 134 Å². The lowest BCUT2D eigenvalue weighted by Gasteiger charge is -2.09. The van der Waals surface area contributed by atoms with Crippen LogP contribution in [-0.4, -0.2) is 36.4 Å². The van der Waals surface area contributed by atoms with Crippen molar-refractivity contribution in [3.8, 4) is 0 Å². The van der Waals surface area contributed by atoms with Crippen molar-refractivity contribution in [1.82, 2.24) is 4.90 Å². The van der Waals surface area contributed by atoms with Gasteiger partial charge in [-0.25, -0.2) is 9.38 Å². The summed E-state index contributed by atoms with van der Waals surface area (Å²) in [5.74, 6) is -0.561. The molecule has 23 heavy (non-hydrogen) atoms. The number of fused-ring (bicyclic) bond motifs is 1. The number of ketones is 1. The molecule has 0 saturated heterocycles. The number of hydrogen-bond donors (Lipinski definition) is 0. The Morgan fingerprint density at radius 3 is 2.74 bits per heavy atom. The van der Waals surface area contributed by atoms with Crippen molar-refractivity contribution >= 4 is 23.0 Å². The van der Waals surface area contributed by atoms with Crippen LogP contribution < -0.4 is 0 Å². The minimum Gasteiger partial charge on any atom is -0.343 e. The van der Waals surface area contributed by atoms with E-state index in [1.807, 2.05) is 6.92 Å². The zero-order valence-electron chi connectivity index (χ0n) is 13.3. The second-order valence-corrected chi connectivity index (χ2v) is 6.07. The topological polar surface area (TPSA) is 49.7 Å². The van der Waals surface area contributed by atoms with E-state index in [1.165, 1.54) is 17.0 Å². The molecule has 4 nitrogen and oxygen atoms in total. The van der Waals surface area contributed by atoms with Crippen molar-refractivity contribution in [3.05, 3.63) is 52.5 Å². The fourth-order valence-electron chi connectivity index (χ4n) is 2.86. The molecule has 0 saturated carbocycles. The van der Waals surface area contributed by atoms with Crippen LogP contribution in [-0.2, 0) is 16.0 Å². The number of amides is 1. The van der Waals surface area contributed by atoms with Gasteiger partial charge in [0.1, 0.15) is 11.5 Å². The highest BCUT2D eigenvalue weighted by molar-refractivity contribution is 6.29. The van der Waals surface area contributed by atoms with Crippen LogP contribution in [0.2, 0.25) is 0 Å². The van der Waals surface area contributed by atoms with Crippen molar-refractivity contribution < 1.29 is 14.0 Å². The van der Waals surface area contributed by atoms with Gasteiger partial charge in [0.2, 0.25) is 0 Å². The summed E-state index contributed by atoms with van der Waals surface area (Å²) in [4.78, 5) is 30.1. The van der Waals surface area contributed by atoms with Crippen LogP contribution in [0.15, 0.2) is 40.5 Å². The molecule has 118 valence electrons. The molecule has 0 spiro atoms. The monoisotopic (exact) mass is 312 g/mol. The lowest BCUT2D eigenvalue weighted by molar-refractivity contribution is -0.124. The summed E-state index contributed by atoms with van der Waals surface area (Å²) < 4.78 is 13.5. The van der Waals surface area contributed by atoms with Crippen LogP contribution in [0, 0.1) is 5.82 Å². The predicted octanol–water partition coefficient (Wildman–Crippen LogP) is 2.54. The molecule has 2 aliphatic rings. The zero-order valence-corrected chi connectivity index (χ0v) is 13.3. The molecule has 0 fully saturated rings. The molecule has 1 aliphatic carbocycles. The fourth-order valence-corrected chi connectivity index (χ4v) is 2.86. The maximum atomic E-state index is 13.5. The molecule has 1 aromatic rings. The van der Waals surface area contributed by atoms with Gasteiger partial charge in [-0.1, -0.05) is 6.07 Å². The Morgan fingerprint density at radius 1 is 1.30 bits per heavy atom. The van der Waals surface area contributed by atoms with Gasteiger partial charge in [-0.05, 0) is 41.8 Å². The number of hydrogen-bond acceptors (Lipinski definition) is 3. The van der Waals surface area contributed by atoms with Gasteiger partial charge in [0, 0.05) is 38.2 Å². The molecule has 1 amide bonds. The van der Waals surface area contributed by atoms with E-state index in [0.29, 0.717) is 29.0 Å². The average Bonchev–Trinajstić information content (AvgIpc) is 2.99. The first-order valence-electron chi connectivity index (χ1n) is 7.39. The van der Waals surface area contributed by atoms with Crippen LogP contribution in [0.4, 0.5) is 4.39 Å². The van der Waals surface area contributed by atoms with E-state index in [1.54, 1.807) is 26.2 Å². The molecule has 0 unspecified atom stereocenters. The number of nitrogens with zero attached hydrogens (tertiary/aromatic N) is 2. The van der Waals surface area contributed by atoms with Crippen molar-refractivity contribution in [1.29, 1.82) is 0 Å². The number of carbonyl (C=O) groups is 2. The molecule has 0 aromatic heterocycles. The fraction of sp³-hybridized carbons (Fsp3) is 0.278. The smallest absolute Gasteiger partial charge is 0.271 e. The Balaban J connectivity index is 1.96. The third-order valence-corrected chi connectivity index (χ3v) is 4.04. The third kappa shape index (κ3) is 2.74. The lowest BCUT2D eigenvalue weighted by atomic mass is 10.0. The third-order valence-electron chi connectivity index (χ3n) is 4.04. The van der Waals surface area contributed by atoms with Crippen molar-refractivity contribution in [2.45, 2.75) is 19.8 Å². The average molecular weight is 312 g/mol. The molecule has 0 bridgehead atoms. The van der Waals surface area contributed by atoms with E-state index in [0.717, 1.165) is 11.1 Å². The summed E-state index contributed by atoms with van der Waals surface area (Å²) in [5.41, 5.74) is 3.89. The first-order chi connectivity index (χ1) is 10.9. The van der Waals surface area contributed by atoms with E-state index in [2.05, 4.69) is 4.99 Å². The normalized spacial score (nSPS) is 18.5. The summed E-state index contributed by atoms with van der Waals surface area (Å²) in [7, 11) is 3.35. The minimum absolute atomic E-state index is 0.0432. The van der Waals surface area contributed by atoms with Gasteiger partial charge in [0.15, 0.2) is 5.78 Å². The number of carbonyl (C=O) groups excluding carboxylic acids is 2. The Kier molecular flexibility index (Phi) is 3.72. The number of rotatable bonds is 2. The van der Waals surface area contributed by atoms with Crippen molar-refractivity contribution in [2.75, 3.05) is 14.1 Å². The highest BCUT2D eigenvalue weighted by Crippen LogP contribution is 2.31. The van der Waals surface area contributed by atoms with Gasteiger partial charge in [-0.3, -0.25) is 9.59 Å². The largest absolute Gasteiger partial charge is 0.343 e. The summed E-state index contributed by atoms with van der Waals surface area (Å²) in [6.07, 6.45) is 2.49. The minimum atomic E-state index is -0.365. The quantitative estimate of drug-likeness (QED) is 0.788. The van der Waals surface area contributed by atoms with E-state index in [9.17, 15) is 14.0 Å². The van der Waals surface area contributed by atoms with Crippen LogP contribution in [0.25, 0.3) is 5.57 Å². The summed E-state index contributed by atoms with van der Waals surface area (Å²) in [6, 6.07) is 4.39. The SMILES string of the molecule is CC1=C(C(=O)N(C)C)N=C(/C=C2\C(=O)Cc3ccc(F)cc32)C1. The van der Waals surface area contributed by atoms with Crippen LogP contribution in [0.3, 0.4) is 0 Å². The van der Waals surface area contributed by atoms with Crippen LogP contribution in [0.5, 0.6) is 0 Å². The molecule has 1 heterocycles. The number of Topliss-reactive ketones (excluding diaryl/α,β-unsaturated/α-hetero) is 1. The maximum Gasteiger partial charge on any atom is 0.271 e.